The first-order valence-corrected chi connectivity index (χ1v) is 10.3. The minimum absolute atomic E-state index is 0.113. The molecular formula is C25H27N3O4. The second kappa shape index (κ2) is 9.62. The molecule has 3 aromatic carbocycles. The fraction of sp³-hybridized carbons (Fsp3) is 0.240. The summed E-state index contributed by atoms with van der Waals surface area (Å²) in [6.45, 7) is 5.71. The van der Waals surface area contributed by atoms with Gasteiger partial charge in [-0.05, 0) is 55.3 Å². The van der Waals surface area contributed by atoms with Crippen molar-refractivity contribution in [1.82, 2.24) is 15.7 Å². The van der Waals surface area contributed by atoms with Crippen LogP contribution in [0.3, 0.4) is 0 Å². The first kappa shape index (κ1) is 23.0. The molecular weight excluding hydrogens is 406 g/mol. The first-order chi connectivity index (χ1) is 15.2. The van der Waals surface area contributed by atoms with Crippen LogP contribution in [0.5, 0.6) is 0 Å². The largest absolute Gasteiger partial charge is 0.350 e. The zero-order chi connectivity index (χ0) is 23.3. The van der Waals surface area contributed by atoms with E-state index in [0.717, 1.165) is 16.3 Å². The number of hydrogen-bond donors (Lipinski definition) is 3. The van der Waals surface area contributed by atoms with Crippen molar-refractivity contribution in [3.05, 3.63) is 83.4 Å². The highest BCUT2D eigenvalue weighted by atomic mass is 16.5. The third-order valence-electron chi connectivity index (χ3n) is 4.85. The number of carbonyl (C=O) groups is 3. The number of hydrogen-bond acceptors (Lipinski definition) is 4. The maximum atomic E-state index is 13.5. The van der Waals surface area contributed by atoms with E-state index in [2.05, 4.69) is 5.32 Å². The summed E-state index contributed by atoms with van der Waals surface area (Å²) in [4.78, 5) is 39.2. The third-order valence-corrected chi connectivity index (χ3v) is 4.85. The molecule has 0 aliphatic heterocycles. The van der Waals surface area contributed by atoms with Gasteiger partial charge in [0.25, 0.3) is 11.8 Å². The van der Waals surface area contributed by atoms with Crippen LogP contribution in [0.15, 0.2) is 66.7 Å². The van der Waals surface area contributed by atoms with E-state index in [9.17, 15) is 14.4 Å². The summed E-state index contributed by atoms with van der Waals surface area (Å²) in [6, 6.07) is 19.6. The lowest BCUT2D eigenvalue weighted by atomic mass is 10.0. The highest BCUT2D eigenvalue weighted by Gasteiger charge is 2.23. The van der Waals surface area contributed by atoms with Crippen LogP contribution < -0.4 is 10.8 Å². The topological polar surface area (TPSA) is 98.7 Å². The molecule has 0 saturated heterocycles. The van der Waals surface area contributed by atoms with Crippen molar-refractivity contribution in [1.29, 1.82) is 0 Å². The van der Waals surface area contributed by atoms with Crippen LogP contribution in [-0.4, -0.2) is 39.9 Å². The zero-order valence-corrected chi connectivity index (χ0v) is 18.4. The number of rotatable bonds is 6. The van der Waals surface area contributed by atoms with Gasteiger partial charge in [-0.25, -0.2) is 5.48 Å². The molecule has 0 fully saturated rings. The summed E-state index contributed by atoms with van der Waals surface area (Å²) < 4.78 is 0. The number of carbonyl (C=O) groups excluding carboxylic acids is 3. The zero-order valence-electron chi connectivity index (χ0n) is 18.4. The fourth-order valence-electron chi connectivity index (χ4n) is 3.46. The molecule has 0 bridgehead atoms. The predicted octanol–water partition coefficient (Wildman–Crippen LogP) is 3.52. The van der Waals surface area contributed by atoms with E-state index < -0.39 is 11.4 Å². The van der Waals surface area contributed by atoms with Crippen LogP contribution in [0.2, 0.25) is 0 Å². The second-order valence-corrected chi connectivity index (χ2v) is 8.62. The van der Waals surface area contributed by atoms with Gasteiger partial charge in [-0.1, -0.05) is 48.5 Å². The van der Waals surface area contributed by atoms with E-state index in [-0.39, 0.29) is 30.5 Å². The molecule has 0 radical (unpaired) electrons. The van der Waals surface area contributed by atoms with Crippen LogP contribution in [-0.2, 0) is 11.3 Å². The Labute approximate surface area is 187 Å². The average molecular weight is 434 g/mol. The van der Waals surface area contributed by atoms with Gasteiger partial charge < -0.3 is 10.2 Å². The molecule has 32 heavy (non-hydrogen) atoms. The van der Waals surface area contributed by atoms with Crippen molar-refractivity contribution in [2.24, 2.45) is 0 Å². The molecule has 0 aliphatic carbocycles. The van der Waals surface area contributed by atoms with Crippen LogP contribution in [0.4, 0.5) is 0 Å². The number of nitrogens with one attached hydrogen (secondary N) is 2. The molecule has 0 spiro atoms. The average Bonchev–Trinajstić information content (AvgIpc) is 2.76. The van der Waals surface area contributed by atoms with Gasteiger partial charge in [0.15, 0.2) is 0 Å². The summed E-state index contributed by atoms with van der Waals surface area (Å²) in [7, 11) is 0. The van der Waals surface area contributed by atoms with Gasteiger partial charge >= 0.3 is 0 Å². The molecule has 0 aromatic heterocycles. The molecule has 0 saturated carbocycles. The van der Waals surface area contributed by atoms with E-state index in [0.29, 0.717) is 5.56 Å². The Kier molecular flexibility index (Phi) is 6.90. The molecule has 7 heteroatoms. The second-order valence-electron chi connectivity index (χ2n) is 8.62. The van der Waals surface area contributed by atoms with Gasteiger partial charge in [-0.2, -0.15) is 0 Å². The lowest BCUT2D eigenvalue weighted by Gasteiger charge is -2.26. The van der Waals surface area contributed by atoms with Crippen LogP contribution in [0.1, 0.15) is 47.1 Å². The quantitative estimate of drug-likeness (QED) is 0.409. The summed E-state index contributed by atoms with van der Waals surface area (Å²) in [5.74, 6) is -1.14. The highest BCUT2D eigenvalue weighted by Crippen LogP contribution is 2.21. The standard InChI is InChI=1S/C25H27N3O4/c1-25(2,3)26-22(29)16-28(15-17-11-13-19(14-12-17)23(30)27-32)24(31)21-10-6-8-18-7-4-5-9-20(18)21/h4-14,32H,15-16H2,1-3H3,(H,26,29)(H,27,30). The number of benzene rings is 3. The summed E-state index contributed by atoms with van der Waals surface area (Å²) in [5.41, 5.74) is 2.71. The smallest absolute Gasteiger partial charge is 0.274 e. The van der Waals surface area contributed by atoms with Crippen molar-refractivity contribution >= 4 is 28.5 Å². The van der Waals surface area contributed by atoms with E-state index in [4.69, 9.17) is 5.21 Å². The molecule has 7 nitrogen and oxygen atoms in total. The molecule has 3 rings (SSSR count). The Morgan fingerprint density at radius 2 is 1.56 bits per heavy atom. The minimum atomic E-state index is -0.621. The third kappa shape index (κ3) is 5.70. The highest BCUT2D eigenvalue weighted by molar-refractivity contribution is 6.07. The van der Waals surface area contributed by atoms with Crippen molar-refractivity contribution in [3.8, 4) is 0 Å². The molecule has 0 heterocycles. The van der Waals surface area contributed by atoms with Gasteiger partial charge in [0.05, 0.1) is 0 Å². The van der Waals surface area contributed by atoms with E-state index in [1.54, 1.807) is 35.8 Å². The lowest BCUT2D eigenvalue weighted by Crippen LogP contribution is -2.47. The van der Waals surface area contributed by atoms with Crippen LogP contribution >= 0.6 is 0 Å². The summed E-state index contributed by atoms with van der Waals surface area (Å²) in [5, 5.41) is 13.4. The SMILES string of the molecule is CC(C)(C)NC(=O)CN(Cc1ccc(C(=O)NO)cc1)C(=O)c1cccc2ccccc12. The van der Waals surface area contributed by atoms with Gasteiger partial charge in [0.1, 0.15) is 6.54 Å². The number of amides is 3. The first-order valence-electron chi connectivity index (χ1n) is 10.3. The van der Waals surface area contributed by atoms with Gasteiger partial charge in [0.2, 0.25) is 5.91 Å². The Bertz CT molecular complexity index is 1130. The summed E-state index contributed by atoms with van der Waals surface area (Å²) in [6.07, 6.45) is 0. The van der Waals surface area contributed by atoms with Gasteiger partial charge in [0, 0.05) is 23.2 Å². The molecule has 166 valence electrons. The normalized spacial score (nSPS) is 11.1. The fourth-order valence-corrected chi connectivity index (χ4v) is 3.46. The molecule has 0 aliphatic rings. The van der Waals surface area contributed by atoms with Crippen molar-refractivity contribution in [2.75, 3.05) is 6.54 Å². The van der Waals surface area contributed by atoms with Crippen molar-refractivity contribution < 1.29 is 19.6 Å². The number of nitrogens with zero attached hydrogens (tertiary/aromatic N) is 1. The molecule has 0 unspecified atom stereocenters. The molecule has 0 atom stereocenters. The van der Waals surface area contributed by atoms with E-state index in [1.165, 1.54) is 4.90 Å². The Hall–Kier alpha value is -3.71. The maximum absolute atomic E-state index is 13.5. The monoisotopic (exact) mass is 433 g/mol. The van der Waals surface area contributed by atoms with Crippen LogP contribution in [0.25, 0.3) is 10.8 Å². The molecule has 3 aromatic rings. The van der Waals surface area contributed by atoms with Gasteiger partial charge in [-0.3, -0.25) is 19.6 Å². The number of hydroxylamine groups is 1. The molecule has 3 amide bonds. The number of fused-ring (bicyclic) bond motifs is 1. The Morgan fingerprint density at radius 1 is 0.906 bits per heavy atom. The Morgan fingerprint density at radius 3 is 2.22 bits per heavy atom. The lowest BCUT2D eigenvalue weighted by molar-refractivity contribution is -0.123. The van der Waals surface area contributed by atoms with Crippen molar-refractivity contribution in [3.63, 3.8) is 0 Å². The van der Waals surface area contributed by atoms with Gasteiger partial charge in [-0.15, -0.1) is 0 Å². The van der Waals surface area contributed by atoms with E-state index in [1.807, 2.05) is 57.2 Å². The minimum Gasteiger partial charge on any atom is -0.350 e. The van der Waals surface area contributed by atoms with E-state index >= 15 is 0 Å². The maximum Gasteiger partial charge on any atom is 0.274 e. The summed E-state index contributed by atoms with van der Waals surface area (Å²) >= 11 is 0. The molecule has 3 N–H and O–H groups in total. The van der Waals surface area contributed by atoms with Crippen LogP contribution in [0, 0.1) is 0 Å². The predicted molar refractivity (Wildman–Crippen MR) is 122 cm³/mol. The van der Waals surface area contributed by atoms with Crippen molar-refractivity contribution in [2.45, 2.75) is 32.9 Å². The Balaban J connectivity index is 1.92.